The molecule has 0 radical (unpaired) electrons. The van der Waals surface area contributed by atoms with Gasteiger partial charge in [-0.1, -0.05) is 6.07 Å². The summed E-state index contributed by atoms with van der Waals surface area (Å²) in [6.45, 7) is -0.0619. The Hall–Kier alpha value is -1.79. The highest BCUT2D eigenvalue weighted by atomic mass is 16.5. The van der Waals surface area contributed by atoms with E-state index in [9.17, 15) is 4.79 Å². The van der Waals surface area contributed by atoms with Gasteiger partial charge in [0.1, 0.15) is 6.10 Å². The Balaban J connectivity index is 2.10. The van der Waals surface area contributed by atoms with Gasteiger partial charge in [-0.2, -0.15) is 0 Å². The van der Waals surface area contributed by atoms with E-state index in [-0.39, 0.29) is 12.7 Å². The Kier molecular flexibility index (Phi) is 4.15. The van der Waals surface area contributed by atoms with Gasteiger partial charge < -0.3 is 26.0 Å². The quantitative estimate of drug-likeness (QED) is 0.719. The molecular weight excluding hydrogens is 260 g/mol. The van der Waals surface area contributed by atoms with E-state index in [1.165, 1.54) is 7.11 Å². The molecule has 0 aromatic heterocycles. The number of nitrogens with two attached hydrogens (primary N) is 2. The number of aliphatic hydroxyl groups excluding tert-OH is 1. The van der Waals surface area contributed by atoms with Crippen molar-refractivity contribution in [3.63, 3.8) is 0 Å². The number of benzene rings is 1. The molecule has 1 aromatic rings. The zero-order chi connectivity index (χ0) is 14.8. The molecule has 5 N–H and O–H groups in total. The van der Waals surface area contributed by atoms with Crippen LogP contribution in [-0.2, 0) is 11.4 Å². The van der Waals surface area contributed by atoms with E-state index in [4.69, 9.17) is 26.0 Å². The number of ether oxygens (including phenoxy) is 2. The highest BCUT2D eigenvalue weighted by molar-refractivity contribution is 5.84. The fourth-order valence-corrected chi connectivity index (χ4v) is 2.44. The number of hydrogen-bond acceptors (Lipinski definition) is 5. The summed E-state index contributed by atoms with van der Waals surface area (Å²) >= 11 is 0. The van der Waals surface area contributed by atoms with Crippen LogP contribution in [0.15, 0.2) is 18.2 Å². The van der Waals surface area contributed by atoms with Crippen LogP contribution in [0.5, 0.6) is 11.5 Å². The average molecular weight is 280 g/mol. The molecule has 2 rings (SSSR count). The molecule has 0 aliphatic heterocycles. The van der Waals surface area contributed by atoms with Crippen LogP contribution < -0.4 is 20.9 Å². The van der Waals surface area contributed by atoms with Crippen molar-refractivity contribution >= 4 is 5.91 Å². The number of rotatable bonds is 5. The molecule has 110 valence electrons. The second kappa shape index (κ2) is 5.68. The minimum Gasteiger partial charge on any atom is -0.493 e. The lowest BCUT2D eigenvalue weighted by Gasteiger charge is -2.20. The largest absolute Gasteiger partial charge is 0.493 e. The first-order chi connectivity index (χ1) is 9.48. The standard InChI is InChI=1S/C14H20N2O4/c1-19-12-6-9(8-17)2-3-11(12)20-10-4-5-14(16,7-10)13(15)18/h2-3,6,10,17H,4-5,7-8,16H2,1H3,(H2,15,18). The summed E-state index contributed by atoms with van der Waals surface area (Å²) in [4.78, 5) is 11.3. The van der Waals surface area contributed by atoms with E-state index in [2.05, 4.69) is 0 Å². The molecule has 1 fully saturated rings. The van der Waals surface area contributed by atoms with Crippen LogP contribution in [0.25, 0.3) is 0 Å². The fourth-order valence-electron chi connectivity index (χ4n) is 2.44. The number of hydrogen-bond donors (Lipinski definition) is 3. The van der Waals surface area contributed by atoms with Crippen molar-refractivity contribution < 1.29 is 19.4 Å². The second-order valence-corrected chi connectivity index (χ2v) is 5.15. The molecule has 0 spiro atoms. The summed E-state index contributed by atoms with van der Waals surface area (Å²) in [7, 11) is 1.54. The van der Waals surface area contributed by atoms with Crippen molar-refractivity contribution in [1.82, 2.24) is 0 Å². The van der Waals surface area contributed by atoms with Gasteiger partial charge in [-0.3, -0.25) is 4.79 Å². The molecular formula is C14H20N2O4. The summed E-state index contributed by atoms with van der Waals surface area (Å²) in [6, 6.07) is 5.22. The second-order valence-electron chi connectivity index (χ2n) is 5.15. The zero-order valence-corrected chi connectivity index (χ0v) is 11.5. The lowest BCUT2D eigenvalue weighted by molar-refractivity contribution is -0.123. The van der Waals surface area contributed by atoms with E-state index in [0.29, 0.717) is 30.8 Å². The maximum atomic E-state index is 11.3. The van der Waals surface area contributed by atoms with Gasteiger partial charge in [0.2, 0.25) is 5.91 Å². The van der Waals surface area contributed by atoms with E-state index in [1.807, 2.05) is 0 Å². The molecule has 1 aromatic carbocycles. The van der Waals surface area contributed by atoms with Gasteiger partial charge in [0, 0.05) is 6.42 Å². The number of aliphatic hydroxyl groups is 1. The molecule has 0 bridgehead atoms. The summed E-state index contributed by atoms with van der Waals surface area (Å²) in [5.41, 5.74) is 11.0. The van der Waals surface area contributed by atoms with Gasteiger partial charge in [0.25, 0.3) is 0 Å². The first-order valence-electron chi connectivity index (χ1n) is 6.52. The van der Waals surface area contributed by atoms with Crippen LogP contribution in [0.1, 0.15) is 24.8 Å². The van der Waals surface area contributed by atoms with Gasteiger partial charge in [0.15, 0.2) is 11.5 Å². The van der Waals surface area contributed by atoms with Gasteiger partial charge in [0.05, 0.1) is 19.3 Å². The number of methoxy groups -OCH3 is 1. The highest BCUT2D eigenvalue weighted by Crippen LogP contribution is 2.35. The Morgan fingerprint density at radius 2 is 2.25 bits per heavy atom. The summed E-state index contributed by atoms with van der Waals surface area (Å²) < 4.78 is 11.1. The maximum Gasteiger partial charge on any atom is 0.237 e. The molecule has 0 heterocycles. The van der Waals surface area contributed by atoms with Crippen molar-refractivity contribution in [3.05, 3.63) is 23.8 Å². The highest BCUT2D eigenvalue weighted by Gasteiger charge is 2.41. The topological polar surface area (TPSA) is 108 Å². The molecule has 0 saturated heterocycles. The third-order valence-corrected chi connectivity index (χ3v) is 3.70. The van der Waals surface area contributed by atoms with Crippen molar-refractivity contribution in [2.45, 2.75) is 37.5 Å². The minimum atomic E-state index is -0.983. The Morgan fingerprint density at radius 1 is 1.50 bits per heavy atom. The van der Waals surface area contributed by atoms with Crippen molar-refractivity contribution in [3.8, 4) is 11.5 Å². The Morgan fingerprint density at radius 3 is 2.80 bits per heavy atom. The van der Waals surface area contributed by atoms with Crippen molar-refractivity contribution in [2.75, 3.05) is 7.11 Å². The van der Waals surface area contributed by atoms with E-state index < -0.39 is 11.4 Å². The predicted molar refractivity (Wildman–Crippen MR) is 73.3 cm³/mol. The van der Waals surface area contributed by atoms with Crippen LogP contribution in [0.2, 0.25) is 0 Å². The van der Waals surface area contributed by atoms with Gasteiger partial charge in [-0.15, -0.1) is 0 Å². The Labute approximate surface area is 117 Å². The zero-order valence-electron chi connectivity index (χ0n) is 11.5. The predicted octanol–water partition coefficient (Wildman–Crippen LogP) is 0.302. The summed E-state index contributed by atoms with van der Waals surface area (Å²) in [5, 5.41) is 9.10. The van der Waals surface area contributed by atoms with Crippen LogP contribution in [0.3, 0.4) is 0 Å². The van der Waals surface area contributed by atoms with Gasteiger partial charge in [-0.25, -0.2) is 0 Å². The van der Waals surface area contributed by atoms with Crippen LogP contribution in [0, 0.1) is 0 Å². The van der Waals surface area contributed by atoms with Crippen molar-refractivity contribution in [1.29, 1.82) is 0 Å². The molecule has 6 nitrogen and oxygen atoms in total. The average Bonchev–Trinajstić information content (AvgIpc) is 2.82. The van der Waals surface area contributed by atoms with Crippen molar-refractivity contribution in [2.24, 2.45) is 11.5 Å². The lowest BCUT2D eigenvalue weighted by atomic mass is 9.99. The van der Waals surface area contributed by atoms with E-state index >= 15 is 0 Å². The maximum absolute atomic E-state index is 11.3. The molecule has 1 amide bonds. The molecule has 20 heavy (non-hydrogen) atoms. The van der Waals surface area contributed by atoms with Gasteiger partial charge >= 0.3 is 0 Å². The smallest absolute Gasteiger partial charge is 0.237 e. The third-order valence-electron chi connectivity index (χ3n) is 3.70. The normalized spacial score (nSPS) is 25.4. The van der Waals surface area contributed by atoms with Crippen LogP contribution in [0.4, 0.5) is 0 Å². The summed E-state index contributed by atoms with van der Waals surface area (Å²) in [5.74, 6) is 0.625. The number of primary amides is 1. The van der Waals surface area contributed by atoms with E-state index in [0.717, 1.165) is 5.56 Å². The van der Waals surface area contributed by atoms with Crippen LogP contribution >= 0.6 is 0 Å². The first-order valence-corrected chi connectivity index (χ1v) is 6.52. The number of carbonyl (C=O) groups excluding carboxylic acids is 1. The van der Waals surface area contributed by atoms with E-state index in [1.54, 1.807) is 18.2 Å². The summed E-state index contributed by atoms with van der Waals surface area (Å²) in [6.07, 6.45) is 1.42. The van der Waals surface area contributed by atoms with Crippen LogP contribution in [-0.4, -0.2) is 29.8 Å². The minimum absolute atomic E-state index is 0.0619. The lowest BCUT2D eigenvalue weighted by Crippen LogP contribution is -2.50. The molecule has 2 atom stereocenters. The van der Waals surface area contributed by atoms with Gasteiger partial charge in [-0.05, 0) is 30.5 Å². The number of amides is 1. The fraction of sp³-hybridized carbons (Fsp3) is 0.500. The molecule has 6 heteroatoms. The molecule has 1 saturated carbocycles. The SMILES string of the molecule is COc1cc(CO)ccc1OC1CCC(N)(C(N)=O)C1. The molecule has 2 unspecified atom stereocenters. The number of carbonyl (C=O) groups is 1. The molecule has 1 aliphatic rings. The Bertz CT molecular complexity index is 506. The molecule has 1 aliphatic carbocycles. The first kappa shape index (κ1) is 14.6. The third kappa shape index (κ3) is 2.86. The monoisotopic (exact) mass is 280 g/mol.